The standard InChI is InChI=1S/C28H29F3N4O2.2H2/c1-18(12-24(37-3)27(9-4-10-27)28(29,30)31)11-23(36)14-20-5-7-21(8-6-20)22-16-33-26(34-17-22)35-25-13-19(2)15-32-25;;/h5-8,12-13,15-17,19H,1,4,9-11,14H2,2-3H3,(H,33,34,35);2*1H/b24-12-;;. The summed E-state index contributed by atoms with van der Waals surface area (Å²) in [6.45, 7) is 5.83. The zero-order valence-electron chi connectivity index (χ0n) is 20.8. The van der Waals surface area contributed by atoms with Crippen LogP contribution >= 0.6 is 0 Å². The number of ether oxygens (including phenoxy) is 1. The van der Waals surface area contributed by atoms with Gasteiger partial charge in [0.15, 0.2) is 0 Å². The van der Waals surface area contributed by atoms with Crippen molar-refractivity contribution in [2.75, 3.05) is 12.4 Å². The van der Waals surface area contributed by atoms with E-state index in [-0.39, 0.29) is 46.0 Å². The molecule has 1 aliphatic carbocycles. The van der Waals surface area contributed by atoms with E-state index in [0.29, 0.717) is 23.8 Å². The Hall–Kier alpha value is -3.75. The second kappa shape index (κ2) is 10.7. The van der Waals surface area contributed by atoms with Gasteiger partial charge >= 0.3 is 6.18 Å². The Morgan fingerprint density at radius 2 is 1.89 bits per heavy atom. The lowest BCUT2D eigenvalue weighted by molar-refractivity contribution is -0.245. The largest absolute Gasteiger partial charge is 0.500 e. The van der Waals surface area contributed by atoms with Crippen LogP contribution in [0.15, 0.2) is 77.5 Å². The number of aromatic nitrogens is 2. The predicted octanol–water partition coefficient (Wildman–Crippen LogP) is 6.93. The summed E-state index contributed by atoms with van der Waals surface area (Å²) in [5.41, 5.74) is 0.836. The van der Waals surface area contributed by atoms with Crippen molar-refractivity contribution in [1.29, 1.82) is 0 Å². The Bertz CT molecular complexity index is 1250. The third-order valence-electron chi connectivity index (χ3n) is 6.65. The summed E-state index contributed by atoms with van der Waals surface area (Å²) in [5, 5.41) is 3.06. The fraction of sp³-hybridized carbons (Fsp3) is 0.357. The average molecular weight is 515 g/mol. The Kier molecular flexibility index (Phi) is 7.61. The van der Waals surface area contributed by atoms with Gasteiger partial charge in [0.05, 0.1) is 7.11 Å². The van der Waals surface area contributed by atoms with Crippen LogP contribution in [0.25, 0.3) is 11.1 Å². The van der Waals surface area contributed by atoms with Crippen molar-refractivity contribution in [2.24, 2.45) is 16.3 Å². The number of halogens is 3. The molecule has 37 heavy (non-hydrogen) atoms. The minimum Gasteiger partial charge on any atom is -0.500 e. The molecule has 1 aliphatic heterocycles. The Labute approximate surface area is 217 Å². The maximum Gasteiger partial charge on any atom is 0.401 e. The van der Waals surface area contributed by atoms with Crippen LogP contribution in [0.4, 0.5) is 19.1 Å². The van der Waals surface area contributed by atoms with Crippen molar-refractivity contribution in [3.05, 3.63) is 78.1 Å². The molecule has 1 unspecified atom stereocenters. The molecule has 2 aliphatic rings. The van der Waals surface area contributed by atoms with Gasteiger partial charge < -0.3 is 10.1 Å². The molecule has 198 valence electrons. The van der Waals surface area contributed by atoms with Crippen LogP contribution in [0.5, 0.6) is 0 Å². The zero-order chi connectivity index (χ0) is 26.6. The van der Waals surface area contributed by atoms with E-state index in [2.05, 4.69) is 26.9 Å². The molecule has 0 saturated heterocycles. The number of anilines is 1. The number of methoxy groups -OCH3 is 1. The number of aliphatic imine (C=N–C) groups is 1. The summed E-state index contributed by atoms with van der Waals surface area (Å²) in [6.07, 6.45) is 4.66. The molecule has 1 aromatic carbocycles. The number of ketones is 1. The van der Waals surface area contributed by atoms with Gasteiger partial charge in [0, 0.05) is 45.8 Å². The van der Waals surface area contributed by atoms with E-state index in [0.717, 1.165) is 16.7 Å². The molecule has 0 radical (unpaired) electrons. The first-order chi connectivity index (χ1) is 17.6. The topological polar surface area (TPSA) is 76.5 Å². The van der Waals surface area contributed by atoms with Crippen LogP contribution in [-0.4, -0.2) is 35.3 Å². The van der Waals surface area contributed by atoms with Crippen LogP contribution in [-0.2, 0) is 16.0 Å². The van der Waals surface area contributed by atoms with Gasteiger partial charge in [0.25, 0.3) is 0 Å². The highest BCUT2D eigenvalue weighted by atomic mass is 19.4. The van der Waals surface area contributed by atoms with E-state index in [1.807, 2.05) is 43.5 Å². The maximum atomic E-state index is 13.6. The van der Waals surface area contributed by atoms with E-state index in [1.165, 1.54) is 13.2 Å². The van der Waals surface area contributed by atoms with Gasteiger partial charge in [0.1, 0.15) is 22.8 Å². The third kappa shape index (κ3) is 5.98. The van der Waals surface area contributed by atoms with Crippen LogP contribution in [0.2, 0.25) is 0 Å². The molecule has 6 nitrogen and oxygen atoms in total. The van der Waals surface area contributed by atoms with Crippen LogP contribution in [0, 0.1) is 11.3 Å². The molecule has 0 amide bonds. The maximum absolute atomic E-state index is 13.6. The summed E-state index contributed by atoms with van der Waals surface area (Å²) < 4.78 is 46.0. The molecular formula is C28H33F3N4O2. The fourth-order valence-corrected chi connectivity index (χ4v) is 4.45. The minimum atomic E-state index is -4.40. The number of allylic oxidation sites excluding steroid dienone is 4. The number of rotatable bonds is 10. The van der Waals surface area contributed by atoms with Crippen molar-refractivity contribution in [3.63, 3.8) is 0 Å². The average Bonchev–Trinajstić information content (AvgIpc) is 3.22. The van der Waals surface area contributed by atoms with E-state index in [1.54, 1.807) is 12.4 Å². The lowest BCUT2D eigenvalue weighted by atomic mass is 9.66. The molecule has 1 aromatic heterocycles. The van der Waals surface area contributed by atoms with Gasteiger partial charge in [-0.05, 0) is 41.7 Å². The van der Waals surface area contributed by atoms with Gasteiger partial charge in [-0.15, -0.1) is 0 Å². The Balaban J connectivity index is 0.00000267. The minimum absolute atomic E-state index is 0. The molecule has 0 bridgehead atoms. The van der Waals surface area contributed by atoms with Crippen molar-refractivity contribution in [2.45, 2.75) is 45.2 Å². The highest BCUT2D eigenvalue weighted by Gasteiger charge is 2.61. The number of nitrogens with zero attached hydrogens (tertiary/aromatic N) is 3. The second-order valence-electron chi connectivity index (χ2n) is 9.50. The van der Waals surface area contributed by atoms with Gasteiger partial charge in [0.2, 0.25) is 5.95 Å². The number of hydrogen-bond donors (Lipinski definition) is 1. The van der Waals surface area contributed by atoms with E-state index < -0.39 is 11.6 Å². The van der Waals surface area contributed by atoms with Gasteiger partial charge in [-0.3, -0.25) is 4.79 Å². The Morgan fingerprint density at radius 1 is 1.22 bits per heavy atom. The Morgan fingerprint density at radius 3 is 2.41 bits per heavy atom. The zero-order valence-corrected chi connectivity index (χ0v) is 20.8. The first kappa shape index (κ1) is 26.3. The summed E-state index contributed by atoms with van der Waals surface area (Å²) in [4.78, 5) is 25.5. The van der Waals surface area contributed by atoms with Crippen molar-refractivity contribution < 1.29 is 25.6 Å². The molecule has 1 fully saturated rings. The number of carbonyl (C=O) groups is 1. The van der Waals surface area contributed by atoms with Gasteiger partial charge in [-0.25, -0.2) is 15.0 Å². The second-order valence-corrected chi connectivity index (χ2v) is 9.50. The number of benzene rings is 1. The molecule has 9 heteroatoms. The summed E-state index contributed by atoms with van der Waals surface area (Å²) in [5.74, 6) is 1.13. The number of hydrogen-bond acceptors (Lipinski definition) is 6. The first-order valence-electron chi connectivity index (χ1n) is 12.1. The van der Waals surface area contributed by atoms with Gasteiger partial charge in [-0.2, -0.15) is 13.2 Å². The number of nitrogens with one attached hydrogen (secondary N) is 1. The van der Waals surface area contributed by atoms with Crippen LogP contribution in [0.3, 0.4) is 0 Å². The molecule has 4 rings (SSSR count). The molecular weight excluding hydrogens is 481 g/mol. The molecule has 1 atom stereocenters. The molecule has 2 heterocycles. The van der Waals surface area contributed by atoms with E-state index >= 15 is 0 Å². The molecule has 0 spiro atoms. The highest BCUT2D eigenvalue weighted by Crippen LogP contribution is 2.58. The normalized spacial score (nSPS) is 18.7. The molecule has 1 N–H and O–H groups in total. The van der Waals surface area contributed by atoms with Crippen molar-refractivity contribution >= 4 is 17.9 Å². The number of alkyl halides is 3. The van der Waals surface area contributed by atoms with Crippen molar-refractivity contribution in [3.8, 4) is 11.1 Å². The van der Waals surface area contributed by atoms with E-state index in [4.69, 9.17) is 4.74 Å². The fourth-order valence-electron chi connectivity index (χ4n) is 4.45. The monoisotopic (exact) mass is 514 g/mol. The molecule has 1 saturated carbocycles. The summed E-state index contributed by atoms with van der Waals surface area (Å²) in [7, 11) is 1.23. The van der Waals surface area contributed by atoms with Crippen LogP contribution in [0.1, 0.15) is 41.0 Å². The smallest absolute Gasteiger partial charge is 0.401 e. The lowest BCUT2D eigenvalue weighted by Crippen LogP contribution is -2.46. The quantitative estimate of drug-likeness (QED) is 0.275. The predicted molar refractivity (Wildman–Crippen MR) is 141 cm³/mol. The summed E-state index contributed by atoms with van der Waals surface area (Å²) in [6, 6.07) is 7.43. The summed E-state index contributed by atoms with van der Waals surface area (Å²) >= 11 is 0. The van der Waals surface area contributed by atoms with Crippen molar-refractivity contribution in [1.82, 2.24) is 9.97 Å². The van der Waals surface area contributed by atoms with Gasteiger partial charge in [-0.1, -0.05) is 44.2 Å². The lowest BCUT2D eigenvalue weighted by Gasteiger charge is -2.43. The molecule has 2 aromatic rings. The highest BCUT2D eigenvalue weighted by molar-refractivity contribution is 5.83. The number of Topliss-reactive ketones (excluding diaryl/α,β-unsaturated/α-hetero) is 1. The third-order valence-corrected chi connectivity index (χ3v) is 6.65. The number of carbonyl (C=O) groups excluding carboxylic acids is 1. The van der Waals surface area contributed by atoms with E-state index in [9.17, 15) is 18.0 Å². The SMILES string of the molecule is C=C(/C=C(\OC)C1(C(F)(F)F)CCC1)CC(=O)Cc1ccc(-c2cnc(NC3=CC(C)C=N3)nc2)cc1.[HH].[HH]. The first-order valence-corrected chi connectivity index (χ1v) is 12.1. The van der Waals surface area contributed by atoms with Crippen LogP contribution < -0.4 is 5.32 Å².